The number of hydrogen-bond donors (Lipinski definition) is 0. The predicted octanol–water partition coefficient (Wildman–Crippen LogP) is 4.87. The summed E-state index contributed by atoms with van der Waals surface area (Å²) in [6.45, 7) is 0.678. The van der Waals surface area contributed by atoms with Crippen LogP contribution in [0.4, 0.5) is 0 Å². The third-order valence-corrected chi connectivity index (χ3v) is 6.05. The summed E-state index contributed by atoms with van der Waals surface area (Å²) in [5, 5.41) is 0.594. The molecule has 0 unspecified atom stereocenters. The van der Waals surface area contributed by atoms with Crippen LogP contribution in [0.15, 0.2) is 84.9 Å². The van der Waals surface area contributed by atoms with E-state index >= 15 is 0 Å². The fourth-order valence-electron chi connectivity index (χ4n) is 2.71. The molecule has 0 bridgehead atoms. The lowest BCUT2D eigenvalue weighted by Crippen LogP contribution is -2.31. The van der Waals surface area contributed by atoms with Gasteiger partial charge in [0, 0.05) is 18.1 Å². The SMILES string of the molecule is O=S(=O)(Cc1ccc(Cl)cc1)N(Cc1ccccc1)Cc1ccccc1. The smallest absolute Gasteiger partial charge is 0.212 e. The molecule has 5 heteroatoms. The highest BCUT2D eigenvalue weighted by atomic mass is 35.5. The zero-order valence-corrected chi connectivity index (χ0v) is 15.8. The van der Waals surface area contributed by atoms with E-state index in [4.69, 9.17) is 11.6 Å². The number of hydrogen-bond acceptors (Lipinski definition) is 2. The Hall–Kier alpha value is -2.14. The number of sulfonamides is 1. The average Bonchev–Trinajstić information content (AvgIpc) is 2.65. The summed E-state index contributed by atoms with van der Waals surface area (Å²) in [6, 6.07) is 26.2. The third kappa shape index (κ3) is 5.18. The summed E-state index contributed by atoms with van der Waals surface area (Å²) >= 11 is 5.90. The van der Waals surface area contributed by atoms with E-state index in [1.54, 1.807) is 24.3 Å². The minimum atomic E-state index is -3.49. The molecule has 0 aliphatic heterocycles. The quantitative estimate of drug-likeness (QED) is 0.581. The van der Waals surface area contributed by atoms with Gasteiger partial charge >= 0.3 is 0 Å². The van der Waals surface area contributed by atoms with Crippen LogP contribution < -0.4 is 0 Å². The Bertz CT molecular complexity index is 885. The molecule has 3 aromatic carbocycles. The van der Waals surface area contributed by atoms with Gasteiger partial charge < -0.3 is 0 Å². The fraction of sp³-hybridized carbons (Fsp3) is 0.143. The molecule has 3 rings (SSSR count). The van der Waals surface area contributed by atoms with E-state index < -0.39 is 10.0 Å². The van der Waals surface area contributed by atoms with E-state index in [9.17, 15) is 8.42 Å². The molecule has 3 aromatic rings. The van der Waals surface area contributed by atoms with Crippen molar-refractivity contribution >= 4 is 21.6 Å². The summed E-state index contributed by atoms with van der Waals surface area (Å²) in [7, 11) is -3.49. The van der Waals surface area contributed by atoms with Gasteiger partial charge in [-0.2, -0.15) is 4.31 Å². The van der Waals surface area contributed by atoms with Gasteiger partial charge in [-0.05, 0) is 28.8 Å². The van der Waals surface area contributed by atoms with Crippen LogP contribution >= 0.6 is 11.6 Å². The van der Waals surface area contributed by atoms with E-state index in [2.05, 4.69) is 0 Å². The Labute approximate surface area is 159 Å². The van der Waals surface area contributed by atoms with Crippen molar-refractivity contribution in [3.63, 3.8) is 0 Å². The Kier molecular flexibility index (Phi) is 6.09. The highest BCUT2D eigenvalue weighted by molar-refractivity contribution is 7.88. The van der Waals surface area contributed by atoms with Crippen molar-refractivity contribution in [1.29, 1.82) is 0 Å². The zero-order valence-electron chi connectivity index (χ0n) is 14.3. The monoisotopic (exact) mass is 385 g/mol. The molecule has 0 heterocycles. The Morgan fingerprint density at radius 1 is 0.654 bits per heavy atom. The third-order valence-electron chi connectivity index (χ3n) is 4.06. The first kappa shape index (κ1) is 18.6. The fourth-order valence-corrected chi connectivity index (χ4v) is 4.32. The number of benzene rings is 3. The molecule has 0 radical (unpaired) electrons. The lowest BCUT2D eigenvalue weighted by molar-refractivity contribution is 0.400. The van der Waals surface area contributed by atoms with Crippen molar-refractivity contribution in [2.75, 3.05) is 0 Å². The van der Waals surface area contributed by atoms with Crippen molar-refractivity contribution in [1.82, 2.24) is 4.31 Å². The van der Waals surface area contributed by atoms with Crippen LogP contribution in [0.25, 0.3) is 0 Å². The second-order valence-corrected chi connectivity index (χ2v) is 8.53. The van der Waals surface area contributed by atoms with Gasteiger partial charge in [0.1, 0.15) is 0 Å². The maximum atomic E-state index is 13.1. The number of halogens is 1. The summed E-state index contributed by atoms with van der Waals surface area (Å²) in [5.74, 6) is -0.0517. The normalized spacial score (nSPS) is 11.6. The topological polar surface area (TPSA) is 37.4 Å². The summed E-state index contributed by atoms with van der Waals surface area (Å²) in [5.41, 5.74) is 2.65. The molecule has 0 aromatic heterocycles. The van der Waals surface area contributed by atoms with Crippen LogP contribution in [0.3, 0.4) is 0 Å². The van der Waals surface area contributed by atoms with E-state index in [0.29, 0.717) is 18.1 Å². The van der Waals surface area contributed by atoms with Gasteiger partial charge in [-0.15, -0.1) is 0 Å². The molecule has 0 saturated heterocycles. The molecule has 0 atom stereocenters. The molecular weight excluding hydrogens is 366 g/mol. The second-order valence-electron chi connectivity index (χ2n) is 6.12. The van der Waals surface area contributed by atoms with Gasteiger partial charge in [-0.25, -0.2) is 8.42 Å². The highest BCUT2D eigenvalue weighted by Gasteiger charge is 2.23. The van der Waals surface area contributed by atoms with Gasteiger partial charge in [0.05, 0.1) is 5.75 Å². The lowest BCUT2D eigenvalue weighted by atomic mass is 10.2. The standard InChI is InChI=1S/C21H20ClNO2S/c22-21-13-11-20(12-14-21)17-26(24,25)23(15-18-7-3-1-4-8-18)16-19-9-5-2-6-10-19/h1-14H,15-17H2. The maximum Gasteiger partial charge on any atom is 0.218 e. The van der Waals surface area contributed by atoms with Crippen molar-refractivity contribution in [3.05, 3.63) is 107 Å². The molecule has 26 heavy (non-hydrogen) atoms. The van der Waals surface area contributed by atoms with Crippen molar-refractivity contribution in [2.24, 2.45) is 0 Å². The van der Waals surface area contributed by atoms with Gasteiger partial charge in [-0.3, -0.25) is 0 Å². The van der Waals surface area contributed by atoms with Crippen LogP contribution in [0, 0.1) is 0 Å². The minimum absolute atomic E-state index is 0.0517. The number of rotatable bonds is 7. The predicted molar refractivity (Wildman–Crippen MR) is 106 cm³/mol. The molecule has 134 valence electrons. The van der Waals surface area contributed by atoms with Gasteiger partial charge in [0.15, 0.2) is 0 Å². The average molecular weight is 386 g/mol. The van der Waals surface area contributed by atoms with Crippen LogP contribution in [0.2, 0.25) is 5.02 Å². The minimum Gasteiger partial charge on any atom is -0.212 e. The molecule has 3 nitrogen and oxygen atoms in total. The maximum absolute atomic E-state index is 13.1. The summed E-state index contributed by atoms with van der Waals surface area (Å²) in [6.07, 6.45) is 0. The Balaban J connectivity index is 1.86. The van der Waals surface area contributed by atoms with E-state index in [1.165, 1.54) is 4.31 Å². The van der Waals surface area contributed by atoms with Crippen LogP contribution in [0.1, 0.15) is 16.7 Å². The molecule has 0 aliphatic rings. The first-order valence-electron chi connectivity index (χ1n) is 8.33. The van der Waals surface area contributed by atoms with Crippen LogP contribution in [-0.2, 0) is 28.9 Å². The van der Waals surface area contributed by atoms with Crippen LogP contribution in [0.5, 0.6) is 0 Å². The Morgan fingerprint density at radius 2 is 1.12 bits per heavy atom. The molecule has 0 N–H and O–H groups in total. The largest absolute Gasteiger partial charge is 0.218 e. The van der Waals surface area contributed by atoms with E-state index in [0.717, 1.165) is 16.7 Å². The summed E-state index contributed by atoms with van der Waals surface area (Å²) in [4.78, 5) is 0. The molecule has 0 spiro atoms. The first-order chi connectivity index (χ1) is 12.5. The van der Waals surface area contributed by atoms with Gasteiger partial charge in [-0.1, -0.05) is 84.4 Å². The summed E-state index contributed by atoms with van der Waals surface area (Å²) < 4.78 is 27.7. The molecule has 0 amide bonds. The van der Waals surface area contributed by atoms with Gasteiger partial charge in [0.2, 0.25) is 10.0 Å². The Morgan fingerprint density at radius 3 is 1.58 bits per heavy atom. The molecule has 0 aliphatic carbocycles. The van der Waals surface area contributed by atoms with Gasteiger partial charge in [0.25, 0.3) is 0 Å². The number of nitrogens with zero attached hydrogens (tertiary/aromatic N) is 1. The molecule has 0 fully saturated rings. The van der Waals surface area contributed by atoms with E-state index in [1.807, 2.05) is 60.7 Å². The second kappa shape index (κ2) is 8.49. The first-order valence-corrected chi connectivity index (χ1v) is 10.3. The molecular formula is C21H20ClNO2S. The molecule has 0 saturated carbocycles. The van der Waals surface area contributed by atoms with Crippen molar-refractivity contribution in [2.45, 2.75) is 18.8 Å². The van der Waals surface area contributed by atoms with E-state index in [-0.39, 0.29) is 5.75 Å². The highest BCUT2D eigenvalue weighted by Crippen LogP contribution is 2.19. The lowest BCUT2D eigenvalue weighted by Gasteiger charge is -2.22. The zero-order chi connectivity index (χ0) is 18.4. The van der Waals surface area contributed by atoms with Crippen molar-refractivity contribution in [3.8, 4) is 0 Å². The van der Waals surface area contributed by atoms with Crippen LogP contribution in [-0.4, -0.2) is 12.7 Å². The van der Waals surface area contributed by atoms with Crippen molar-refractivity contribution < 1.29 is 8.42 Å².